The molecule has 0 saturated carbocycles. The van der Waals surface area contributed by atoms with Crippen LogP contribution < -0.4 is 10.1 Å². The summed E-state index contributed by atoms with van der Waals surface area (Å²) in [6.45, 7) is 1.65. The van der Waals surface area contributed by atoms with Crippen molar-refractivity contribution in [2.24, 2.45) is 0 Å². The van der Waals surface area contributed by atoms with Gasteiger partial charge in [0.2, 0.25) is 5.95 Å². The van der Waals surface area contributed by atoms with E-state index in [1.54, 1.807) is 30.3 Å². The van der Waals surface area contributed by atoms with Gasteiger partial charge in [0, 0.05) is 10.6 Å². The molecule has 1 amide bonds. The molecule has 0 bridgehead atoms. The Labute approximate surface area is 148 Å². The largest absolute Gasteiger partial charge is 0.484 e. The average Bonchev–Trinajstić information content (AvgIpc) is 3.05. The van der Waals surface area contributed by atoms with E-state index in [4.69, 9.17) is 16.3 Å². The van der Waals surface area contributed by atoms with E-state index in [1.807, 2.05) is 6.92 Å². The number of halogens is 2. The van der Waals surface area contributed by atoms with Crippen LogP contribution in [0.5, 0.6) is 5.75 Å². The lowest BCUT2D eigenvalue weighted by Gasteiger charge is -2.07. The second-order valence-electron chi connectivity index (χ2n) is 5.26. The lowest BCUT2D eigenvalue weighted by Crippen LogP contribution is -2.20. The minimum Gasteiger partial charge on any atom is -0.484 e. The number of aryl methyl sites for hydroxylation is 1. The van der Waals surface area contributed by atoms with Crippen LogP contribution in [0.25, 0.3) is 11.4 Å². The van der Waals surface area contributed by atoms with Crippen molar-refractivity contribution in [1.29, 1.82) is 0 Å². The fourth-order valence-corrected chi connectivity index (χ4v) is 2.19. The molecule has 0 atom stereocenters. The van der Waals surface area contributed by atoms with E-state index in [-0.39, 0.29) is 18.4 Å². The van der Waals surface area contributed by atoms with Crippen LogP contribution in [-0.2, 0) is 4.79 Å². The predicted molar refractivity (Wildman–Crippen MR) is 92.1 cm³/mol. The summed E-state index contributed by atoms with van der Waals surface area (Å²) in [6.07, 6.45) is 0. The highest BCUT2D eigenvalue weighted by molar-refractivity contribution is 6.31. The van der Waals surface area contributed by atoms with E-state index in [2.05, 4.69) is 20.5 Å². The van der Waals surface area contributed by atoms with Gasteiger partial charge in [0.05, 0.1) is 0 Å². The van der Waals surface area contributed by atoms with Crippen LogP contribution in [0.1, 0.15) is 5.56 Å². The first-order valence-electron chi connectivity index (χ1n) is 7.38. The number of nitrogens with one attached hydrogen (secondary N) is 2. The van der Waals surface area contributed by atoms with Crippen molar-refractivity contribution < 1.29 is 13.9 Å². The zero-order valence-corrected chi connectivity index (χ0v) is 14.0. The number of aromatic nitrogens is 3. The quantitative estimate of drug-likeness (QED) is 0.728. The van der Waals surface area contributed by atoms with Gasteiger partial charge in [0.15, 0.2) is 12.4 Å². The molecule has 0 fully saturated rings. The molecule has 0 spiro atoms. The summed E-state index contributed by atoms with van der Waals surface area (Å²) in [7, 11) is 0. The summed E-state index contributed by atoms with van der Waals surface area (Å²) in [5.74, 6) is 0.326. The van der Waals surface area contributed by atoms with E-state index in [1.165, 1.54) is 12.1 Å². The van der Waals surface area contributed by atoms with Gasteiger partial charge in [-0.3, -0.25) is 15.2 Å². The van der Waals surface area contributed by atoms with Gasteiger partial charge in [-0.1, -0.05) is 11.6 Å². The lowest BCUT2D eigenvalue weighted by atomic mass is 10.2. The van der Waals surface area contributed by atoms with Crippen LogP contribution in [0.4, 0.5) is 10.3 Å². The molecule has 0 unspecified atom stereocenters. The minimum absolute atomic E-state index is 0.111. The van der Waals surface area contributed by atoms with Gasteiger partial charge < -0.3 is 4.74 Å². The Bertz CT molecular complexity index is 896. The van der Waals surface area contributed by atoms with E-state index < -0.39 is 5.91 Å². The number of amides is 1. The first-order valence-corrected chi connectivity index (χ1v) is 7.76. The molecule has 128 valence electrons. The van der Waals surface area contributed by atoms with Crippen LogP contribution in [0.15, 0.2) is 42.5 Å². The highest BCUT2D eigenvalue weighted by Gasteiger charge is 2.10. The Morgan fingerprint density at radius 2 is 2.04 bits per heavy atom. The van der Waals surface area contributed by atoms with E-state index >= 15 is 0 Å². The van der Waals surface area contributed by atoms with Gasteiger partial charge in [-0.05, 0) is 55.0 Å². The van der Waals surface area contributed by atoms with Crippen LogP contribution in [0.3, 0.4) is 0 Å². The molecule has 2 N–H and O–H groups in total. The van der Waals surface area contributed by atoms with Crippen molar-refractivity contribution in [3.8, 4) is 17.1 Å². The van der Waals surface area contributed by atoms with Gasteiger partial charge in [0.25, 0.3) is 5.91 Å². The van der Waals surface area contributed by atoms with Crippen molar-refractivity contribution in [3.05, 3.63) is 58.9 Å². The van der Waals surface area contributed by atoms with E-state index in [9.17, 15) is 9.18 Å². The number of hydrogen-bond donors (Lipinski definition) is 2. The van der Waals surface area contributed by atoms with Crippen LogP contribution in [0, 0.1) is 12.7 Å². The number of carbonyl (C=O) groups excluding carboxylic acids is 1. The van der Waals surface area contributed by atoms with Gasteiger partial charge in [-0.2, -0.15) is 4.98 Å². The van der Waals surface area contributed by atoms with E-state index in [0.717, 1.165) is 5.56 Å². The lowest BCUT2D eigenvalue weighted by molar-refractivity contribution is -0.118. The molecule has 3 aromatic rings. The van der Waals surface area contributed by atoms with Crippen molar-refractivity contribution in [3.63, 3.8) is 0 Å². The fraction of sp³-hybridized carbons (Fsp3) is 0.118. The Balaban J connectivity index is 1.58. The predicted octanol–water partition coefficient (Wildman–Crippen LogP) is 3.59. The second kappa shape index (κ2) is 7.31. The molecule has 1 aromatic heterocycles. The number of anilines is 1. The van der Waals surface area contributed by atoms with E-state index in [0.29, 0.717) is 22.2 Å². The fourth-order valence-electron chi connectivity index (χ4n) is 2.07. The molecule has 0 aliphatic carbocycles. The monoisotopic (exact) mass is 360 g/mol. The summed E-state index contributed by atoms with van der Waals surface area (Å²) in [5, 5.41) is 9.73. The highest BCUT2D eigenvalue weighted by atomic mass is 35.5. The molecule has 3 rings (SSSR count). The summed E-state index contributed by atoms with van der Waals surface area (Å²) in [6, 6.07) is 10.9. The van der Waals surface area contributed by atoms with Gasteiger partial charge in [-0.15, -0.1) is 5.10 Å². The molecule has 0 aliphatic heterocycles. The first kappa shape index (κ1) is 16.9. The number of nitrogens with zero attached hydrogens (tertiary/aromatic N) is 2. The standard InChI is InChI=1S/C17H14ClFN4O2/c1-10-8-13(6-7-14(10)18)25-9-15(24)20-17-21-16(22-23-17)11-2-4-12(19)5-3-11/h2-8H,9H2,1H3,(H2,20,21,22,23,24). The Morgan fingerprint density at radius 1 is 1.28 bits per heavy atom. The SMILES string of the molecule is Cc1cc(OCC(=O)Nc2n[nH]c(-c3ccc(F)cc3)n2)ccc1Cl. The molecule has 0 radical (unpaired) electrons. The molecule has 25 heavy (non-hydrogen) atoms. The molecule has 6 nitrogen and oxygen atoms in total. The van der Waals surface area contributed by atoms with Gasteiger partial charge >= 0.3 is 0 Å². The maximum absolute atomic E-state index is 12.9. The average molecular weight is 361 g/mol. The summed E-state index contributed by atoms with van der Waals surface area (Å²) >= 11 is 5.94. The smallest absolute Gasteiger partial charge is 0.264 e. The van der Waals surface area contributed by atoms with Crippen molar-refractivity contribution in [2.75, 3.05) is 11.9 Å². The third kappa shape index (κ3) is 4.33. The zero-order chi connectivity index (χ0) is 17.8. The van der Waals surface area contributed by atoms with Crippen LogP contribution in [0.2, 0.25) is 5.02 Å². The summed E-state index contributed by atoms with van der Waals surface area (Å²) in [4.78, 5) is 16.1. The second-order valence-corrected chi connectivity index (χ2v) is 5.67. The topological polar surface area (TPSA) is 79.9 Å². The first-order chi connectivity index (χ1) is 12.0. The molecule has 2 aromatic carbocycles. The minimum atomic E-state index is -0.405. The normalized spacial score (nSPS) is 10.5. The number of hydrogen-bond acceptors (Lipinski definition) is 4. The zero-order valence-electron chi connectivity index (χ0n) is 13.2. The van der Waals surface area contributed by atoms with Crippen LogP contribution in [-0.4, -0.2) is 27.7 Å². The molecule has 1 heterocycles. The number of benzene rings is 2. The highest BCUT2D eigenvalue weighted by Crippen LogP contribution is 2.21. The number of carbonyl (C=O) groups is 1. The summed E-state index contributed by atoms with van der Waals surface area (Å²) < 4.78 is 18.3. The number of H-pyrrole nitrogens is 1. The molecule has 0 saturated heterocycles. The maximum atomic E-state index is 12.9. The maximum Gasteiger partial charge on any atom is 0.264 e. The third-order valence-electron chi connectivity index (χ3n) is 3.35. The molecular weight excluding hydrogens is 347 g/mol. The summed E-state index contributed by atoms with van der Waals surface area (Å²) in [5.41, 5.74) is 1.51. The molecule has 8 heteroatoms. The van der Waals surface area contributed by atoms with Crippen LogP contribution >= 0.6 is 11.6 Å². The van der Waals surface area contributed by atoms with Crippen molar-refractivity contribution in [2.45, 2.75) is 6.92 Å². The number of ether oxygens (including phenoxy) is 1. The number of rotatable bonds is 5. The van der Waals surface area contributed by atoms with Crippen molar-refractivity contribution >= 4 is 23.5 Å². The van der Waals surface area contributed by atoms with Gasteiger partial charge in [-0.25, -0.2) is 4.39 Å². The number of aromatic amines is 1. The Morgan fingerprint density at radius 3 is 2.76 bits per heavy atom. The van der Waals surface area contributed by atoms with Crippen molar-refractivity contribution in [1.82, 2.24) is 15.2 Å². The van der Waals surface area contributed by atoms with Gasteiger partial charge in [0.1, 0.15) is 11.6 Å². The Hall–Kier alpha value is -2.93. The Kier molecular flexibility index (Phi) is 4.95. The molecule has 0 aliphatic rings. The third-order valence-corrected chi connectivity index (χ3v) is 3.78. The molecular formula is C17H14ClFN4O2.